The summed E-state index contributed by atoms with van der Waals surface area (Å²) in [7, 11) is 1.30. The number of likely N-dealkylation sites (tertiary alicyclic amines) is 2. The molecule has 0 bridgehead atoms. The second-order valence-electron chi connectivity index (χ2n) is 15.1. The number of methoxy groups -OCH3 is 1. The number of hydrogen-bond donors (Lipinski definition) is 3. The molecular weight excluding hydrogens is 703 g/mol. The Hall–Kier alpha value is -6.23. The summed E-state index contributed by atoms with van der Waals surface area (Å²) in [5.74, 6) is 1.45. The van der Waals surface area contributed by atoms with Crippen LogP contribution in [-0.4, -0.2) is 73.9 Å². The molecule has 4 aromatic carbocycles. The molecule has 2 saturated heterocycles. The van der Waals surface area contributed by atoms with Crippen molar-refractivity contribution in [1.82, 2.24) is 35.1 Å². The van der Waals surface area contributed by atoms with Gasteiger partial charge in [-0.1, -0.05) is 105 Å². The highest BCUT2D eigenvalue weighted by molar-refractivity contribution is 6.04. The summed E-state index contributed by atoms with van der Waals surface area (Å²) in [5, 5.41) is 4.90. The van der Waals surface area contributed by atoms with Crippen molar-refractivity contribution in [2.75, 3.05) is 20.2 Å². The SMILES string of the molecule is COC(=O)N[C@H](C(=O)N1CCC[C@H]1c1nc(-c2ccc(-c3ccc(-c4c[nH]c([C@@H]5CCCN5C(=O)Cc5ccccc5)n4)cc3)c3ccccc23)c[nH]1)C(C)C. The van der Waals surface area contributed by atoms with Crippen LogP contribution in [0, 0.1) is 5.92 Å². The minimum atomic E-state index is -0.690. The fraction of sp³-hybridized carbons (Fsp3) is 0.311. The van der Waals surface area contributed by atoms with E-state index in [4.69, 9.17) is 14.7 Å². The first-order valence-electron chi connectivity index (χ1n) is 19.5. The Bertz CT molecular complexity index is 2350. The van der Waals surface area contributed by atoms with Crippen molar-refractivity contribution in [3.63, 3.8) is 0 Å². The van der Waals surface area contributed by atoms with E-state index in [1.54, 1.807) is 0 Å². The van der Waals surface area contributed by atoms with Crippen LogP contribution in [0.2, 0.25) is 0 Å². The lowest BCUT2D eigenvalue weighted by atomic mass is 9.93. The van der Waals surface area contributed by atoms with Crippen molar-refractivity contribution in [3.8, 4) is 33.6 Å². The van der Waals surface area contributed by atoms with Gasteiger partial charge in [0, 0.05) is 36.6 Å². The average Bonchev–Trinajstić information content (AvgIpc) is 4.07. The lowest BCUT2D eigenvalue weighted by Crippen LogP contribution is -2.51. The topological polar surface area (TPSA) is 136 Å². The molecule has 3 amide bonds. The molecule has 2 aliphatic rings. The molecule has 6 aromatic rings. The van der Waals surface area contributed by atoms with E-state index in [2.05, 4.69) is 69.9 Å². The molecular formula is C45H47N7O4. The van der Waals surface area contributed by atoms with Gasteiger partial charge in [0.1, 0.15) is 17.7 Å². The number of hydrogen-bond acceptors (Lipinski definition) is 6. The van der Waals surface area contributed by atoms with Gasteiger partial charge < -0.3 is 29.8 Å². The molecule has 56 heavy (non-hydrogen) atoms. The van der Waals surface area contributed by atoms with Crippen LogP contribution in [0.3, 0.4) is 0 Å². The number of amides is 3. The van der Waals surface area contributed by atoms with Crippen molar-refractivity contribution >= 4 is 28.7 Å². The predicted molar refractivity (Wildman–Crippen MR) is 216 cm³/mol. The number of carbonyl (C=O) groups excluding carboxylic acids is 3. The number of alkyl carbamates (subject to hydrolysis) is 1. The summed E-state index contributed by atoms with van der Waals surface area (Å²) in [4.78, 5) is 59.5. The fourth-order valence-corrected chi connectivity index (χ4v) is 8.31. The molecule has 0 aliphatic carbocycles. The van der Waals surface area contributed by atoms with Gasteiger partial charge in [0.25, 0.3) is 0 Å². The first-order valence-corrected chi connectivity index (χ1v) is 19.5. The number of benzene rings is 4. The number of rotatable bonds is 10. The number of nitrogens with zero attached hydrogens (tertiary/aromatic N) is 4. The third kappa shape index (κ3) is 7.28. The van der Waals surface area contributed by atoms with E-state index in [-0.39, 0.29) is 29.8 Å². The van der Waals surface area contributed by atoms with Crippen molar-refractivity contribution in [3.05, 3.63) is 121 Å². The fourth-order valence-electron chi connectivity index (χ4n) is 8.31. The highest BCUT2D eigenvalue weighted by Gasteiger charge is 2.38. The van der Waals surface area contributed by atoms with Gasteiger partial charge in [-0.2, -0.15) is 0 Å². The first kappa shape index (κ1) is 36.7. The predicted octanol–water partition coefficient (Wildman–Crippen LogP) is 8.24. The number of imidazole rings is 2. The Morgan fingerprint density at radius 3 is 1.98 bits per heavy atom. The summed E-state index contributed by atoms with van der Waals surface area (Å²) in [6, 6.07) is 30.0. The van der Waals surface area contributed by atoms with E-state index >= 15 is 0 Å². The Kier molecular flexibility index (Phi) is 10.4. The third-order valence-corrected chi connectivity index (χ3v) is 11.2. The summed E-state index contributed by atoms with van der Waals surface area (Å²) >= 11 is 0. The smallest absolute Gasteiger partial charge is 0.407 e. The van der Waals surface area contributed by atoms with Gasteiger partial charge in [0.15, 0.2) is 0 Å². The normalized spacial score (nSPS) is 17.4. The van der Waals surface area contributed by atoms with Crippen molar-refractivity contribution in [1.29, 1.82) is 0 Å². The molecule has 0 radical (unpaired) electrons. The summed E-state index contributed by atoms with van der Waals surface area (Å²) in [5.41, 5.74) is 6.88. The monoisotopic (exact) mass is 749 g/mol. The zero-order chi connectivity index (χ0) is 38.8. The maximum absolute atomic E-state index is 13.7. The number of carbonyl (C=O) groups is 3. The molecule has 0 unspecified atom stereocenters. The van der Waals surface area contributed by atoms with E-state index in [0.29, 0.717) is 13.0 Å². The molecule has 3 N–H and O–H groups in total. The number of ether oxygens (including phenoxy) is 1. The second-order valence-corrected chi connectivity index (χ2v) is 15.1. The number of fused-ring (bicyclic) bond motifs is 1. The summed E-state index contributed by atoms with van der Waals surface area (Å²) < 4.78 is 4.79. The lowest BCUT2D eigenvalue weighted by molar-refractivity contribution is -0.135. The minimum Gasteiger partial charge on any atom is -0.453 e. The molecule has 286 valence electrons. The molecule has 2 fully saturated rings. The molecule has 0 saturated carbocycles. The van der Waals surface area contributed by atoms with E-state index < -0.39 is 12.1 Å². The number of H-pyrrole nitrogens is 2. The third-order valence-electron chi connectivity index (χ3n) is 11.2. The van der Waals surface area contributed by atoms with Crippen molar-refractivity contribution in [2.24, 2.45) is 5.92 Å². The van der Waals surface area contributed by atoms with Crippen LogP contribution >= 0.6 is 0 Å². The Balaban J connectivity index is 0.999. The largest absolute Gasteiger partial charge is 0.453 e. The van der Waals surface area contributed by atoms with Crippen molar-refractivity contribution in [2.45, 2.75) is 64.1 Å². The van der Waals surface area contributed by atoms with Crippen molar-refractivity contribution < 1.29 is 19.1 Å². The van der Waals surface area contributed by atoms with E-state index in [1.807, 2.05) is 72.4 Å². The number of aromatic amines is 2. The Labute approximate surface area is 326 Å². The lowest BCUT2D eigenvalue weighted by Gasteiger charge is -2.29. The van der Waals surface area contributed by atoms with Crippen LogP contribution in [0.5, 0.6) is 0 Å². The Morgan fingerprint density at radius 2 is 1.30 bits per heavy atom. The van der Waals surface area contributed by atoms with Gasteiger partial charge in [-0.05, 0) is 59.1 Å². The maximum atomic E-state index is 13.7. The molecule has 4 heterocycles. The van der Waals surface area contributed by atoms with Gasteiger partial charge in [0.05, 0.1) is 37.0 Å². The van der Waals surface area contributed by atoms with Crippen LogP contribution in [0.1, 0.15) is 68.8 Å². The zero-order valence-corrected chi connectivity index (χ0v) is 32.0. The Morgan fingerprint density at radius 1 is 0.732 bits per heavy atom. The van der Waals surface area contributed by atoms with E-state index in [9.17, 15) is 14.4 Å². The quantitative estimate of drug-likeness (QED) is 0.129. The molecule has 2 aliphatic heterocycles. The molecule has 11 nitrogen and oxygen atoms in total. The van der Waals surface area contributed by atoms with Gasteiger partial charge in [-0.3, -0.25) is 9.59 Å². The molecule has 2 aromatic heterocycles. The zero-order valence-electron chi connectivity index (χ0n) is 32.0. The first-order chi connectivity index (χ1) is 27.3. The number of aromatic nitrogens is 4. The number of nitrogens with one attached hydrogen (secondary N) is 3. The highest BCUT2D eigenvalue weighted by atomic mass is 16.5. The van der Waals surface area contributed by atoms with Crippen LogP contribution in [0.25, 0.3) is 44.4 Å². The van der Waals surface area contributed by atoms with Crippen LogP contribution in [0.4, 0.5) is 4.79 Å². The van der Waals surface area contributed by atoms with Gasteiger partial charge in [0.2, 0.25) is 11.8 Å². The standard InChI is InChI=1S/C45H47N7O4/c1-28(2)41(50-45(55)56-3)44(54)52-24-10-16-39(52)43-47-27-37(49-43)35-22-21-32(33-13-7-8-14-34(33)35)30-17-19-31(20-18-30)36-26-46-42(48-36)38-15-9-23-51(38)40(53)25-29-11-5-4-6-12-29/h4-8,11-14,17-22,26-28,38-39,41H,9-10,15-16,23-25H2,1-3H3,(H,46,48)(H,47,49)(H,50,55)/t38-,39-,41-/m0/s1. The van der Waals surface area contributed by atoms with Crippen LogP contribution in [-0.2, 0) is 20.7 Å². The molecule has 11 heteroatoms. The minimum absolute atomic E-state index is 0.0538. The van der Waals surface area contributed by atoms with Gasteiger partial charge in [-0.25, -0.2) is 14.8 Å². The second kappa shape index (κ2) is 15.9. The van der Waals surface area contributed by atoms with Crippen LogP contribution in [0.15, 0.2) is 103 Å². The molecule has 0 spiro atoms. The maximum Gasteiger partial charge on any atom is 0.407 e. The molecule has 3 atom stereocenters. The van der Waals surface area contributed by atoms with E-state index in [0.717, 1.165) is 93.9 Å². The highest BCUT2D eigenvalue weighted by Crippen LogP contribution is 2.38. The van der Waals surface area contributed by atoms with E-state index in [1.165, 1.54) is 7.11 Å². The summed E-state index contributed by atoms with van der Waals surface area (Å²) in [6.07, 6.45) is 7.11. The molecule has 8 rings (SSSR count). The van der Waals surface area contributed by atoms with Crippen LogP contribution < -0.4 is 5.32 Å². The van der Waals surface area contributed by atoms with Gasteiger partial charge >= 0.3 is 6.09 Å². The average molecular weight is 750 g/mol. The summed E-state index contributed by atoms with van der Waals surface area (Å²) in [6.45, 7) is 5.16. The van der Waals surface area contributed by atoms with Gasteiger partial charge in [-0.15, -0.1) is 0 Å².